The first-order valence-corrected chi connectivity index (χ1v) is 5.25. The average molecular weight is 231 g/mol. The normalized spacial score (nSPS) is 11.1. The summed E-state index contributed by atoms with van der Waals surface area (Å²) in [5, 5.41) is 2.77. The van der Waals surface area contributed by atoms with Crippen molar-refractivity contribution in [1.29, 1.82) is 0 Å². The molecule has 0 aliphatic carbocycles. The quantitative estimate of drug-likeness (QED) is 0.436. The van der Waals surface area contributed by atoms with E-state index in [0.29, 0.717) is 16.0 Å². The van der Waals surface area contributed by atoms with E-state index in [-0.39, 0.29) is 5.63 Å². The van der Waals surface area contributed by atoms with Gasteiger partial charge in [0.15, 0.2) is 5.58 Å². The SMILES string of the molecule is O=c1oc2c(Cl)cccc2c2ccccc12. The summed E-state index contributed by atoms with van der Waals surface area (Å²) in [6, 6.07) is 12.8. The van der Waals surface area contributed by atoms with Gasteiger partial charge in [-0.1, -0.05) is 41.9 Å². The van der Waals surface area contributed by atoms with E-state index in [9.17, 15) is 4.79 Å². The van der Waals surface area contributed by atoms with E-state index in [0.717, 1.165) is 10.8 Å². The van der Waals surface area contributed by atoms with Gasteiger partial charge in [-0.2, -0.15) is 0 Å². The molecule has 0 unspecified atom stereocenters. The van der Waals surface area contributed by atoms with E-state index in [1.807, 2.05) is 30.3 Å². The smallest absolute Gasteiger partial charge is 0.344 e. The fourth-order valence-corrected chi connectivity index (χ4v) is 2.08. The molecule has 1 aromatic heterocycles. The molecule has 0 spiro atoms. The van der Waals surface area contributed by atoms with Crippen LogP contribution in [0.25, 0.3) is 21.7 Å². The van der Waals surface area contributed by atoms with Gasteiger partial charge in [-0.3, -0.25) is 0 Å². The second-order valence-corrected chi connectivity index (χ2v) is 3.96. The highest BCUT2D eigenvalue weighted by Gasteiger charge is 2.08. The topological polar surface area (TPSA) is 30.2 Å². The Morgan fingerprint density at radius 3 is 2.38 bits per heavy atom. The first-order chi connectivity index (χ1) is 7.77. The number of fused-ring (bicyclic) bond motifs is 3. The average Bonchev–Trinajstić information content (AvgIpc) is 2.31. The molecule has 0 bridgehead atoms. The number of halogens is 1. The summed E-state index contributed by atoms with van der Waals surface area (Å²) in [5.74, 6) is 0. The lowest BCUT2D eigenvalue weighted by Crippen LogP contribution is -1.99. The lowest BCUT2D eigenvalue weighted by molar-refractivity contribution is 0.570. The molecule has 0 amide bonds. The summed E-state index contributed by atoms with van der Waals surface area (Å²) < 4.78 is 5.22. The van der Waals surface area contributed by atoms with Crippen LogP contribution in [-0.2, 0) is 0 Å². The van der Waals surface area contributed by atoms with Gasteiger partial charge >= 0.3 is 5.63 Å². The third kappa shape index (κ3) is 1.24. The van der Waals surface area contributed by atoms with Crippen molar-refractivity contribution in [2.24, 2.45) is 0 Å². The maximum absolute atomic E-state index is 11.7. The first kappa shape index (κ1) is 9.43. The lowest BCUT2D eigenvalue weighted by atomic mass is 10.1. The second-order valence-electron chi connectivity index (χ2n) is 3.55. The van der Waals surface area contributed by atoms with Crippen LogP contribution < -0.4 is 5.63 Å². The van der Waals surface area contributed by atoms with Gasteiger partial charge < -0.3 is 4.42 Å². The van der Waals surface area contributed by atoms with Gasteiger partial charge in [0, 0.05) is 5.39 Å². The van der Waals surface area contributed by atoms with Gasteiger partial charge in [0.25, 0.3) is 0 Å². The predicted molar refractivity (Wildman–Crippen MR) is 65.0 cm³/mol. The molecular weight excluding hydrogens is 224 g/mol. The highest BCUT2D eigenvalue weighted by molar-refractivity contribution is 6.35. The van der Waals surface area contributed by atoms with Gasteiger partial charge in [-0.05, 0) is 17.5 Å². The maximum atomic E-state index is 11.7. The minimum Gasteiger partial charge on any atom is -0.421 e. The van der Waals surface area contributed by atoms with Gasteiger partial charge in [0.1, 0.15) is 0 Å². The maximum Gasteiger partial charge on any atom is 0.344 e. The van der Waals surface area contributed by atoms with E-state index < -0.39 is 0 Å². The Morgan fingerprint density at radius 2 is 1.56 bits per heavy atom. The molecule has 2 nitrogen and oxygen atoms in total. The summed E-state index contributed by atoms with van der Waals surface area (Å²) in [6.07, 6.45) is 0. The zero-order valence-electron chi connectivity index (χ0n) is 8.24. The molecule has 0 aliphatic heterocycles. The minimum absolute atomic E-state index is 0.351. The van der Waals surface area contributed by atoms with E-state index >= 15 is 0 Å². The fourth-order valence-electron chi connectivity index (χ4n) is 1.87. The molecule has 0 radical (unpaired) electrons. The van der Waals surface area contributed by atoms with Crippen molar-refractivity contribution in [3.8, 4) is 0 Å². The zero-order valence-corrected chi connectivity index (χ0v) is 8.99. The summed E-state index contributed by atoms with van der Waals surface area (Å²) in [7, 11) is 0. The molecule has 0 saturated carbocycles. The number of para-hydroxylation sites is 1. The molecule has 0 aliphatic rings. The first-order valence-electron chi connectivity index (χ1n) is 4.87. The Morgan fingerprint density at radius 1 is 0.875 bits per heavy atom. The molecule has 78 valence electrons. The zero-order chi connectivity index (χ0) is 11.1. The lowest BCUT2D eigenvalue weighted by Gasteiger charge is -2.02. The van der Waals surface area contributed by atoms with Gasteiger partial charge in [-0.15, -0.1) is 0 Å². The van der Waals surface area contributed by atoms with Crippen LogP contribution in [0.5, 0.6) is 0 Å². The number of rotatable bonds is 0. The van der Waals surface area contributed by atoms with Gasteiger partial charge in [0.2, 0.25) is 0 Å². The summed E-state index contributed by atoms with van der Waals surface area (Å²) in [4.78, 5) is 11.7. The van der Waals surface area contributed by atoms with Crippen LogP contribution in [0.4, 0.5) is 0 Å². The van der Waals surface area contributed by atoms with E-state index in [4.69, 9.17) is 16.0 Å². The predicted octanol–water partition coefficient (Wildman–Crippen LogP) is 3.60. The molecule has 3 rings (SSSR count). The molecule has 3 aromatic rings. The fraction of sp³-hybridized carbons (Fsp3) is 0. The third-order valence-corrected chi connectivity index (χ3v) is 2.90. The van der Waals surface area contributed by atoms with Crippen LogP contribution in [0.2, 0.25) is 5.02 Å². The second kappa shape index (κ2) is 3.35. The Bertz CT molecular complexity index is 744. The Balaban J connectivity index is 2.70. The Labute approximate surface area is 96.1 Å². The van der Waals surface area contributed by atoms with Crippen molar-refractivity contribution in [1.82, 2.24) is 0 Å². The largest absolute Gasteiger partial charge is 0.421 e. The van der Waals surface area contributed by atoms with Crippen LogP contribution in [0.15, 0.2) is 51.7 Å². The monoisotopic (exact) mass is 230 g/mol. The molecule has 0 saturated heterocycles. The van der Waals surface area contributed by atoms with Gasteiger partial charge in [-0.25, -0.2) is 4.79 Å². The third-order valence-electron chi connectivity index (χ3n) is 2.60. The van der Waals surface area contributed by atoms with Crippen molar-refractivity contribution in [3.63, 3.8) is 0 Å². The van der Waals surface area contributed by atoms with Crippen LogP contribution in [0, 0.1) is 0 Å². The van der Waals surface area contributed by atoms with Crippen molar-refractivity contribution in [2.75, 3.05) is 0 Å². The summed E-state index contributed by atoms with van der Waals surface area (Å²) >= 11 is 6.00. The number of benzene rings is 2. The minimum atomic E-state index is -0.351. The molecule has 16 heavy (non-hydrogen) atoms. The van der Waals surface area contributed by atoms with Crippen LogP contribution in [0.1, 0.15) is 0 Å². The summed E-state index contributed by atoms with van der Waals surface area (Å²) in [5.41, 5.74) is 0.101. The number of hydrogen-bond donors (Lipinski definition) is 0. The Kier molecular flexibility index (Phi) is 1.98. The molecule has 0 N–H and O–H groups in total. The van der Waals surface area contributed by atoms with Crippen molar-refractivity contribution in [3.05, 3.63) is 57.9 Å². The Hall–Kier alpha value is -1.80. The molecular formula is C13H7ClO2. The summed E-state index contributed by atoms with van der Waals surface area (Å²) in [6.45, 7) is 0. The number of hydrogen-bond acceptors (Lipinski definition) is 2. The van der Waals surface area contributed by atoms with Crippen LogP contribution >= 0.6 is 11.6 Å². The molecule has 0 fully saturated rings. The standard InChI is InChI=1S/C13H7ClO2/c14-11-7-3-6-9-8-4-1-2-5-10(8)13(15)16-12(9)11/h1-7H. The van der Waals surface area contributed by atoms with Crippen LogP contribution in [0.3, 0.4) is 0 Å². The van der Waals surface area contributed by atoms with E-state index in [1.165, 1.54) is 0 Å². The van der Waals surface area contributed by atoms with Crippen molar-refractivity contribution >= 4 is 33.3 Å². The molecule has 1 heterocycles. The van der Waals surface area contributed by atoms with Gasteiger partial charge in [0.05, 0.1) is 10.4 Å². The molecule has 0 atom stereocenters. The molecule has 3 heteroatoms. The van der Waals surface area contributed by atoms with E-state index in [1.54, 1.807) is 12.1 Å². The van der Waals surface area contributed by atoms with E-state index in [2.05, 4.69) is 0 Å². The highest BCUT2D eigenvalue weighted by Crippen LogP contribution is 2.27. The van der Waals surface area contributed by atoms with Crippen molar-refractivity contribution in [2.45, 2.75) is 0 Å². The van der Waals surface area contributed by atoms with Crippen molar-refractivity contribution < 1.29 is 4.42 Å². The van der Waals surface area contributed by atoms with Crippen LogP contribution in [-0.4, -0.2) is 0 Å². The molecule has 2 aromatic carbocycles. The highest BCUT2D eigenvalue weighted by atomic mass is 35.5.